The molecule has 0 amide bonds. The van der Waals surface area contributed by atoms with Crippen LogP contribution in [0.25, 0.3) is 6.08 Å². The summed E-state index contributed by atoms with van der Waals surface area (Å²) in [6, 6.07) is 9.49. The average Bonchev–Trinajstić information content (AvgIpc) is 2.26. The van der Waals surface area contributed by atoms with Gasteiger partial charge in [0, 0.05) is 0 Å². The van der Waals surface area contributed by atoms with Crippen LogP contribution in [-0.2, 0) is 14.3 Å². The Kier molecular flexibility index (Phi) is 4.58. The van der Waals surface area contributed by atoms with Gasteiger partial charge in [-0.15, -0.1) is 0 Å². The van der Waals surface area contributed by atoms with E-state index in [4.69, 9.17) is 9.47 Å². The van der Waals surface area contributed by atoms with Gasteiger partial charge >= 0.3 is 5.97 Å². The van der Waals surface area contributed by atoms with Gasteiger partial charge in [-0.2, -0.15) is 0 Å². The Morgan fingerprint density at radius 2 is 1.88 bits per heavy atom. The second-order valence-electron chi connectivity index (χ2n) is 3.58. The van der Waals surface area contributed by atoms with E-state index in [0.29, 0.717) is 0 Å². The molecule has 3 heteroatoms. The van der Waals surface area contributed by atoms with Gasteiger partial charge in [0.25, 0.3) is 0 Å². The molecule has 0 saturated carbocycles. The van der Waals surface area contributed by atoms with Crippen molar-refractivity contribution >= 4 is 12.0 Å². The second-order valence-corrected chi connectivity index (χ2v) is 3.58. The molecule has 0 N–H and O–H groups in total. The van der Waals surface area contributed by atoms with Gasteiger partial charge in [-0.3, -0.25) is 0 Å². The van der Waals surface area contributed by atoms with Gasteiger partial charge in [0.2, 0.25) is 5.76 Å². The van der Waals surface area contributed by atoms with Gasteiger partial charge in [0.05, 0.1) is 13.2 Å². The van der Waals surface area contributed by atoms with E-state index in [1.54, 1.807) is 19.9 Å². The Hall–Kier alpha value is -1.77. The number of carbonyl (C=O) groups is 1. The van der Waals surface area contributed by atoms with E-state index >= 15 is 0 Å². The van der Waals surface area contributed by atoms with Crippen LogP contribution in [0.3, 0.4) is 0 Å². The van der Waals surface area contributed by atoms with Crippen LogP contribution in [0.5, 0.6) is 0 Å². The molecule has 1 rings (SSSR count). The summed E-state index contributed by atoms with van der Waals surface area (Å²) in [4.78, 5) is 11.6. The molecule has 3 nitrogen and oxygen atoms in total. The van der Waals surface area contributed by atoms with E-state index in [0.717, 1.165) is 5.56 Å². The second kappa shape index (κ2) is 5.95. The number of carbonyl (C=O) groups excluding carboxylic acids is 1. The minimum atomic E-state index is -0.443. The lowest BCUT2D eigenvalue weighted by molar-refractivity contribution is -0.146. The number of hydrogen-bond acceptors (Lipinski definition) is 3. The lowest BCUT2D eigenvalue weighted by Gasteiger charge is -2.09. The summed E-state index contributed by atoms with van der Waals surface area (Å²) >= 11 is 0. The molecule has 0 radical (unpaired) electrons. The van der Waals surface area contributed by atoms with E-state index < -0.39 is 5.97 Å². The Morgan fingerprint density at radius 3 is 2.38 bits per heavy atom. The number of esters is 1. The maximum atomic E-state index is 11.6. The Morgan fingerprint density at radius 1 is 1.25 bits per heavy atom. The number of rotatable bonds is 4. The molecule has 0 aliphatic carbocycles. The predicted octanol–water partition coefficient (Wildman–Crippen LogP) is 2.63. The van der Waals surface area contributed by atoms with E-state index in [1.165, 1.54) is 7.11 Å². The van der Waals surface area contributed by atoms with Crippen molar-refractivity contribution in [2.45, 2.75) is 20.0 Å². The van der Waals surface area contributed by atoms with E-state index in [1.807, 2.05) is 30.3 Å². The minimum absolute atomic E-state index is 0.151. The molecule has 16 heavy (non-hydrogen) atoms. The first-order valence-electron chi connectivity index (χ1n) is 5.15. The van der Waals surface area contributed by atoms with Gasteiger partial charge in [0.1, 0.15) is 0 Å². The summed E-state index contributed by atoms with van der Waals surface area (Å²) in [6.45, 7) is 3.60. The first-order chi connectivity index (χ1) is 7.63. The molecule has 1 aromatic carbocycles. The molecule has 1 aromatic rings. The van der Waals surface area contributed by atoms with Gasteiger partial charge in [-0.25, -0.2) is 4.79 Å². The zero-order valence-corrected chi connectivity index (χ0v) is 9.77. The lowest BCUT2D eigenvalue weighted by atomic mass is 10.2. The summed E-state index contributed by atoms with van der Waals surface area (Å²) < 4.78 is 10.0. The maximum Gasteiger partial charge on any atom is 0.373 e. The highest BCUT2D eigenvalue weighted by Gasteiger charge is 2.12. The van der Waals surface area contributed by atoms with Crippen molar-refractivity contribution in [3.05, 3.63) is 41.7 Å². The standard InChI is InChI=1S/C13H16O3/c1-10(2)16-13(14)12(15-3)9-11-7-5-4-6-8-11/h4-10H,1-3H3/b12-9-. The summed E-state index contributed by atoms with van der Waals surface area (Å²) in [5, 5.41) is 0. The topological polar surface area (TPSA) is 35.5 Å². The molecule has 0 aromatic heterocycles. The van der Waals surface area contributed by atoms with Crippen LogP contribution in [0.2, 0.25) is 0 Å². The molecular weight excluding hydrogens is 204 g/mol. The Bertz CT molecular complexity index is 366. The third kappa shape index (κ3) is 3.77. The lowest BCUT2D eigenvalue weighted by Crippen LogP contribution is -2.14. The molecule has 0 aliphatic heterocycles. The summed E-state index contributed by atoms with van der Waals surface area (Å²) in [5.41, 5.74) is 0.903. The third-order valence-corrected chi connectivity index (χ3v) is 1.86. The van der Waals surface area contributed by atoms with Crippen molar-refractivity contribution in [3.63, 3.8) is 0 Å². The maximum absolute atomic E-state index is 11.6. The van der Waals surface area contributed by atoms with Crippen LogP contribution < -0.4 is 0 Å². The SMILES string of the molecule is CO/C(=C\c1ccccc1)C(=O)OC(C)C. The van der Waals surface area contributed by atoms with E-state index in [9.17, 15) is 4.79 Å². The third-order valence-electron chi connectivity index (χ3n) is 1.86. The molecular formula is C13H16O3. The fourth-order valence-electron chi connectivity index (χ4n) is 1.17. The van der Waals surface area contributed by atoms with Crippen LogP contribution in [0.15, 0.2) is 36.1 Å². The van der Waals surface area contributed by atoms with Gasteiger partial charge in [-0.05, 0) is 25.5 Å². The first-order valence-corrected chi connectivity index (χ1v) is 5.15. The quantitative estimate of drug-likeness (QED) is 0.444. The van der Waals surface area contributed by atoms with Gasteiger partial charge < -0.3 is 9.47 Å². The monoisotopic (exact) mass is 220 g/mol. The molecule has 86 valence electrons. The number of methoxy groups -OCH3 is 1. The number of benzene rings is 1. The van der Waals surface area contributed by atoms with Gasteiger partial charge in [-0.1, -0.05) is 30.3 Å². The van der Waals surface area contributed by atoms with Crippen molar-refractivity contribution in [2.24, 2.45) is 0 Å². The molecule has 0 bridgehead atoms. The summed E-state index contributed by atoms with van der Waals surface area (Å²) in [5.74, 6) is -0.235. The molecule has 0 heterocycles. The van der Waals surface area contributed by atoms with Crippen LogP contribution in [-0.4, -0.2) is 19.2 Å². The van der Waals surface area contributed by atoms with Crippen molar-refractivity contribution in [1.82, 2.24) is 0 Å². The number of ether oxygens (including phenoxy) is 2. The molecule has 0 atom stereocenters. The van der Waals surface area contributed by atoms with E-state index in [-0.39, 0.29) is 11.9 Å². The van der Waals surface area contributed by atoms with Crippen LogP contribution in [0, 0.1) is 0 Å². The predicted molar refractivity (Wildman–Crippen MR) is 62.7 cm³/mol. The molecule has 0 spiro atoms. The molecule has 0 saturated heterocycles. The fraction of sp³-hybridized carbons (Fsp3) is 0.308. The molecule has 0 unspecified atom stereocenters. The van der Waals surface area contributed by atoms with Crippen molar-refractivity contribution in [1.29, 1.82) is 0 Å². The Balaban J connectivity index is 2.82. The number of hydrogen-bond donors (Lipinski definition) is 0. The van der Waals surface area contributed by atoms with Gasteiger partial charge in [0.15, 0.2) is 0 Å². The molecule has 0 aliphatic rings. The smallest absolute Gasteiger partial charge is 0.373 e. The summed E-state index contributed by atoms with van der Waals surface area (Å²) in [7, 11) is 1.45. The fourth-order valence-corrected chi connectivity index (χ4v) is 1.17. The van der Waals surface area contributed by atoms with E-state index in [2.05, 4.69) is 0 Å². The van der Waals surface area contributed by atoms with Crippen LogP contribution in [0.4, 0.5) is 0 Å². The minimum Gasteiger partial charge on any atom is -0.490 e. The van der Waals surface area contributed by atoms with Crippen LogP contribution >= 0.6 is 0 Å². The highest BCUT2D eigenvalue weighted by molar-refractivity contribution is 5.91. The average molecular weight is 220 g/mol. The highest BCUT2D eigenvalue weighted by atomic mass is 16.6. The zero-order valence-electron chi connectivity index (χ0n) is 9.77. The molecule has 0 fully saturated rings. The normalized spacial score (nSPS) is 11.4. The zero-order chi connectivity index (χ0) is 12.0. The largest absolute Gasteiger partial charge is 0.490 e. The van der Waals surface area contributed by atoms with Crippen molar-refractivity contribution in [3.8, 4) is 0 Å². The van der Waals surface area contributed by atoms with Crippen LogP contribution in [0.1, 0.15) is 19.4 Å². The van der Waals surface area contributed by atoms with Crippen molar-refractivity contribution in [2.75, 3.05) is 7.11 Å². The van der Waals surface area contributed by atoms with Crippen molar-refractivity contribution < 1.29 is 14.3 Å². The Labute approximate surface area is 95.7 Å². The summed E-state index contributed by atoms with van der Waals surface area (Å²) in [6.07, 6.45) is 1.51. The first kappa shape index (κ1) is 12.3. The highest BCUT2D eigenvalue weighted by Crippen LogP contribution is 2.09.